The molecule has 0 atom stereocenters. The zero-order valence-corrected chi connectivity index (χ0v) is 11.5. The summed E-state index contributed by atoms with van der Waals surface area (Å²) in [5, 5.41) is 9.45. The van der Waals surface area contributed by atoms with E-state index in [1.807, 2.05) is 0 Å². The van der Waals surface area contributed by atoms with Crippen molar-refractivity contribution < 1.29 is 14.7 Å². The standard InChI is InChI=1S/C14H13ClN2O3/c1-9(18)17(12-4-2-11(15)3-5-12)8-10-6-13(14(19)20)16-7-10/h2-7,16H,8H2,1H3,(H,19,20). The van der Waals surface area contributed by atoms with Gasteiger partial charge in [0.15, 0.2) is 0 Å². The number of benzene rings is 1. The lowest BCUT2D eigenvalue weighted by Gasteiger charge is -2.20. The topological polar surface area (TPSA) is 73.4 Å². The van der Waals surface area contributed by atoms with Gasteiger partial charge in [0.05, 0.1) is 6.54 Å². The molecule has 0 fully saturated rings. The summed E-state index contributed by atoms with van der Waals surface area (Å²) in [6.45, 7) is 1.75. The number of carbonyl (C=O) groups is 2. The lowest BCUT2D eigenvalue weighted by atomic mass is 10.2. The van der Waals surface area contributed by atoms with E-state index >= 15 is 0 Å². The average Bonchev–Trinajstić information content (AvgIpc) is 2.86. The van der Waals surface area contributed by atoms with Crippen LogP contribution in [0.4, 0.5) is 5.69 Å². The van der Waals surface area contributed by atoms with Crippen LogP contribution in [0.1, 0.15) is 23.0 Å². The van der Waals surface area contributed by atoms with Crippen molar-refractivity contribution in [3.63, 3.8) is 0 Å². The Kier molecular flexibility index (Phi) is 4.10. The van der Waals surface area contributed by atoms with Gasteiger partial charge >= 0.3 is 5.97 Å². The van der Waals surface area contributed by atoms with Crippen molar-refractivity contribution in [3.05, 3.63) is 52.8 Å². The minimum atomic E-state index is -1.03. The number of nitrogens with zero attached hydrogens (tertiary/aromatic N) is 1. The monoisotopic (exact) mass is 292 g/mol. The molecule has 1 heterocycles. The lowest BCUT2D eigenvalue weighted by Crippen LogP contribution is -2.27. The molecule has 5 nitrogen and oxygen atoms in total. The number of carboxylic acid groups (broad SMARTS) is 1. The first-order valence-electron chi connectivity index (χ1n) is 5.91. The molecule has 104 valence electrons. The Morgan fingerprint density at radius 3 is 2.45 bits per heavy atom. The summed E-state index contributed by atoms with van der Waals surface area (Å²) in [6, 6.07) is 8.40. The van der Waals surface area contributed by atoms with Crippen LogP contribution in [0.15, 0.2) is 36.5 Å². The molecule has 0 spiro atoms. The van der Waals surface area contributed by atoms with Gasteiger partial charge in [0.25, 0.3) is 0 Å². The van der Waals surface area contributed by atoms with E-state index in [9.17, 15) is 9.59 Å². The van der Waals surface area contributed by atoms with Crippen molar-refractivity contribution in [2.45, 2.75) is 13.5 Å². The number of aromatic nitrogens is 1. The van der Waals surface area contributed by atoms with E-state index in [4.69, 9.17) is 16.7 Å². The van der Waals surface area contributed by atoms with E-state index in [-0.39, 0.29) is 11.6 Å². The normalized spacial score (nSPS) is 10.3. The third-order valence-corrected chi connectivity index (χ3v) is 3.08. The number of H-pyrrole nitrogens is 1. The van der Waals surface area contributed by atoms with E-state index in [0.717, 1.165) is 0 Å². The molecule has 20 heavy (non-hydrogen) atoms. The van der Waals surface area contributed by atoms with Gasteiger partial charge in [-0.15, -0.1) is 0 Å². The van der Waals surface area contributed by atoms with Crippen molar-refractivity contribution in [3.8, 4) is 0 Å². The molecule has 0 radical (unpaired) electrons. The second-order valence-electron chi connectivity index (χ2n) is 4.31. The van der Waals surface area contributed by atoms with Gasteiger partial charge in [-0.25, -0.2) is 4.79 Å². The molecule has 0 aliphatic carbocycles. The first kappa shape index (κ1) is 14.1. The number of anilines is 1. The highest BCUT2D eigenvalue weighted by Crippen LogP contribution is 2.20. The molecule has 0 saturated carbocycles. The van der Waals surface area contributed by atoms with E-state index in [0.29, 0.717) is 22.8 Å². The Balaban J connectivity index is 2.23. The van der Waals surface area contributed by atoms with E-state index in [1.54, 1.807) is 35.4 Å². The molecule has 1 aromatic carbocycles. The number of carbonyl (C=O) groups excluding carboxylic acids is 1. The van der Waals surface area contributed by atoms with Gasteiger partial charge in [-0.1, -0.05) is 11.6 Å². The number of carboxylic acids is 1. The van der Waals surface area contributed by atoms with Crippen LogP contribution in [-0.4, -0.2) is 22.0 Å². The first-order chi connectivity index (χ1) is 9.47. The van der Waals surface area contributed by atoms with Crippen molar-refractivity contribution in [1.29, 1.82) is 0 Å². The quantitative estimate of drug-likeness (QED) is 0.910. The van der Waals surface area contributed by atoms with Crippen LogP contribution in [0.2, 0.25) is 5.02 Å². The van der Waals surface area contributed by atoms with E-state index in [2.05, 4.69) is 4.98 Å². The molecule has 0 aliphatic rings. The SMILES string of the molecule is CC(=O)N(Cc1c[nH]c(C(=O)O)c1)c1ccc(Cl)cc1. The summed E-state index contributed by atoms with van der Waals surface area (Å²) in [6.07, 6.45) is 1.58. The van der Waals surface area contributed by atoms with Gasteiger partial charge in [0.1, 0.15) is 5.69 Å². The van der Waals surface area contributed by atoms with E-state index in [1.165, 1.54) is 13.0 Å². The number of halogens is 1. The summed E-state index contributed by atoms with van der Waals surface area (Å²) < 4.78 is 0. The molecule has 2 rings (SSSR count). The summed E-state index contributed by atoms with van der Waals surface area (Å²) >= 11 is 5.82. The molecular formula is C14H13ClN2O3. The number of aromatic amines is 1. The van der Waals surface area contributed by atoms with Crippen LogP contribution < -0.4 is 4.90 Å². The number of rotatable bonds is 4. The minimum Gasteiger partial charge on any atom is -0.477 e. The van der Waals surface area contributed by atoms with Crippen molar-refractivity contribution in [1.82, 2.24) is 4.98 Å². The van der Waals surface area contributed by atoms with Gasteiger partial charge in [0.2, 0.25) is 5.91 Å². The molecule has 0 unspecified atom stereocenters. The predicted octanol–water partition coefficient (Wildman–Crippen LogP) is 2.92. The maximum absolute atomic E-state index is 11.7. The lowest BCUT2D eigenvalue weighted by molar-refractivity contribution is -0.116. The largest absolute Gasteiger partial charge is 0.477 e. The molecule has 6 heteroatoms. The highest BCUT2D eigenvalue weighted by atomic mass is 35.5. The Labute approximate surface area is 120 Å². The van der Waals surface area contributed by atoms with Crippen LogP contribution in [0.3, 0.4) is 0 Å². The number of aromatic carboxylic acids is 1. The van der Waals surface area contributed by atoms with Crippen LogP contribution in [0.5, 0.6) is 0 Å². The number of hydrogen-bond acceptors (Lipinski definition) is 2. The van der Waals surface area contributed by atoms with Crippen molar-refractivity contribution >= 4 is 29.2 Å². The van der Waals surface area contributed by atoms with Crippen LogP contribution in [0.25, 0.3) is 0 Å². The third-order valence-electron chi connectivity index (χ3n) is 2.83. The van der Waals surface area contributed by atoms with Gasteiger partial charge in [-0.3, -0.25) is 4.79 Å². The maximum atomic E-state index is 11.7. The summed E-state index contributed by atoms with van der Waals surface area (Å²) in [7, 11) is 0. The number of nitrogens with one attached hydrogen (secondary N) is 1. The fourth-order valence-electron chi connectivity index (χ4n) is 1.84. The number of amides is 1. The van der Waals surface area contributed by atoms with Gasteiger partial charge in [-0.2, -0.15) is 0 Å². The smallest absolute Gasteiger partial charge is 0.352 e. The predicted molar refractivity (Wildman–Crippen MR) is 76.1 cm³/mol. The Morgan fingerprint density at radius 1 is 1.30 bits per heavy atom. The molecule has 1 amide bonds. The van der Waals surface area contributed by atoms with Gasteiger partial charge in [-0.05, 0) is 35.9 Å². The molecule has 2 N–H and O–H groups in total. The van der Waals surface area contributed by atoms with Gasteiger partial charge in [0, 0.05) is 23.8 Å². The Hall–Kier alpha value is -2.27. The zero-order chi connectivity index (χ0) is 14.7. The molecule has 0 saturated heterocycles. The fraction of sp³-hybridized carbons (Fsp3) is 0.143. The molecule has 2 aromatic rings. The summed E-state index contributed by atoms with van der Waals surface area (Å²) in [5.41, 5.74) is 1.52. The summed E-state index contributed by atoms with van der Waals surface area (Å²) in [4.78, 5) is 26.8. The van der Waals surface area contributed by atoms with Gasteiger partial charge < -0.3 is 15.0 Å². The average molecular weight is 293 g/mol. The van der Waals surface area contributed by atoms with Crippen LogP contribution in [-0.2, 0) is 11.3 Å². The highest BCUT2D eigenvalue weighted by Gasteiger charge is 2.14. The molecular weight excluding hydrogens is 280 g/mol. The molecule has 0 bridgehead atoms. The third kappa shape index (κ3) is 3.19. The second-order valence-corrected chi connectivity index (χ2v) is 4.74. The Bertz CT molecular complexity index is 634. The number of hydrogen-bond donors (Lipinski definition) is 2. The Morgan fingerprint density at radius 2 is 1.95 bits per heavy atom. The summed E-state index contributed by atoms with van der Waals surface area (Å²) in [5.74, 6) is -1.16. The highest BCUT2D eigenvalue weighted by molar-refractivity contribution is 6.30. The zero-order valence-electron chi connectivity index (χ0n) is 10.8. The van der Waals surface area contributed by atoms with Crippen molar-refractivity contribution in [2.75, 3.05) is 4.90 Å². The molecule has 0 aliphatic heterocycles. The fourth-order valence-corrected chi connectivity index (χ4v) is 1.97. The van der Waals surface area contributed by atoms with Crippen LogP contribution in [0, 0.1) is 0 Å². The van der Waals surface area contributed by atoms with Crippen molar-refractivity contribution in [2.24, 2.45) is 0 Å². The second kappa shape index (κ2) is 5.79. The minimum absolute atomic E-state index is 0.0969. The molecule has 1 aromatic heterocycles. The first-order valence-corrected chi connectivity index (χ1v) is 6.29. The maximum Gasteiger partial charge on any atom is 0.352 e. The van der Waals surface area contributed by atoms with Crippen LogP contribution >= 0.6 is 11.6 Å². The van der Waals surface area contributed by atoms with E-state index < -0.39 is 5.97 Å².